The maximum atomic E-state index is 13.7. The standard InChI is InChI=1S/C30H34Cl2N2O2S/c1-3-4-17-33-30(36)28(19-23-8-6-5-7-9-23)34(21-24-12-13-25(31)20-27(24)32)29(35)16-18-37-26-14-10-22(2)11-15-26/h5-15,20,28H,3-4,16-19,21H2,1-2H3,(H,33,36). The second-order valence-electron chi connectivity index (χ2n) is 9.02. The minimum atomic E-state index is -0.664. The zero-order chi connectivity index (χ0) is 26.6. The van der Waals surface area contributed by atoms with E-state index in [9.17, 15) is 9.59 Å². The van der Waals surface area contributed by atoms with E-state index in [4.69, 9.17) is 23.2 Å². The summed E-state index contributed by atoms with van der Waals surface area (Å²) in [5.74, 6) is 0.376. The van der Waals surface area contributed by atoms with Crippen molar-refractivity contribution in [2.75, 3.05) is 12.3 Å². The van der Waals surface area contributed by atoms with Crippen molar-refractivity contribution in [2.24, 2.45) is 0 Å². The highest BCUT2D eigenvalue weighted by Crippen LogP contribution is 2.25. The number of halogens is 2. The van der Waals surface area contributed by atoms with E-state index in [1.165, 1.54) is 5.56 Å². The van der Waals surface area contributed by atoms with E-state index >= 15 is 0 Å². The Bertz CT molecular complexity index is 1160. The molecule has 0 aliphatic heterocycles. The number of hydrogen-bond donors (Lipinski definition) is 1. The van der Waals surface area contributed by atoms with Gasteiger partial charge in [-0.2, -0.15) is 0 Å². The minimum Gasteiger partial charge on any atom is -0.354 e. The Morgan fingerprint density at radius 1 is 1.00 bits per heavy atom. The first kappa shape index (κ1) is 29.1. The predicted molar refractivity (Wildman–Crippen MR) is 155 cm³/mol. The van der Waals surface area contributed by atoms with E-state index in [-0.39, 0.29) is 18.4 Å². The van der Waals surface area contributed by atoms with E-state index in [0.29, 0.717) is 35.2 Å². The van der Waals surface area contributed by atoms with Crippen LogP contribution in [0.2, 0.25) is 10.0 Å². The summed E-state index contributed by atoms with van der Waals surface area (Å²) in [5.41, 5.74) is 2.95. The number of rotatable bonds is 13. The molecule has 3 aromatic carbocycles. The number of unbranched alkanes of at least 4 members (excludes halogenated alkanes) is 1. The Morgan fingerprint density at radius 3 is 2.41 bits per heavy atom. The van der Waals surface area contributed by atoms with Crippen LogP contribution in [0.25, 0.3) is 0 Å². The van der Waals surface area contributed by atoms with Crippen LogP contribution in [0.1, 0.15) is 42.9 Å². The first-order valence-electron chi connectivity index (χ1n) is 12.6. The van der Waals surface area contributed by atoms with Gasteiger partial charge in [0, 0.05) is 46.6 Å². The van der Waals surface area contributed by atoms with Gasteiger partial charge in [-0.05, 0) is 48.7 Å². The summed E-state index contributed by atoms with van der Waals surface area (Å²) in [4.78, 5) is 30.0. The van der Waals surface area contributed by atoms with Crippen molar-refractivity contribution in [1.82, 2.24) is 10.2 Å². The molecule has 3 aromatic rings. The Balaban J connectivity index is 1.85. The molecule has 4 nitrogen and oxygen atoms in total. The molecule has 0 spiro atoms. The fourth-order valence-corrected chi connectivity index (χ4v) is 5.24. The van der Waals surface area contributed by atoms with Gasteiger partial charge in [-0.3, -0.25) is 9.59 Å². The molecule has 37 heavy (non-hydrogen) atoms. The van der Waals surface area contributed by atoms with Crippen molar-refractivity contribution < 1.29 is 9.59 Å². The zero-order valence-corrected chi connectivity index (χ0v) is 23.7. The average Bonchev–Trinajstić information content (AvgIpc) is 2.89. The average molecular weight is 558 g/mol. The van der Waals surface area contributed by atoms with Gasteiger partial charge in [0.15, 0.2) is 0 Å². The monoisotopic (exact) mass is 556 g/mol. The van der Waals surface area contributed by atoms with E-state index < -0.39 is 6.04 Å². The summed E-state index contributed by atoms with van der Waals surface area (Å²) >= 11 is 14.2. The molecule has 1 atom stereocenters. The fraction of sp³-hybridized carbons (Fsp3) is 0.333. The number of amides is 2. The molecule has 1 N–H and O–H groups in total. The smallest absolute Gasteiger partial charge is 0.243 e. The van der Waals surface area contributed by atoms with E-state index in [1.807, 2.05) is 36.4 Å². The third kappa shape index (κ3) is 9.41. The van der Waals surface area contributed by atoms with Gasteiger partial charge in [-0.1, -0.05) is 90.6 Å². The highest BCUT2D eigenvalue weighted by molar-refractivity contribution is 7.99. The third-order valence-electron chi connectivity index (χ3n) is 6.06. The van der Waals surface area contributed by atoms with Crippen molar-refractivity contribution in [3.8, 4) is 0 Å². The highest BCUT2D eigenvalue weighted by Gasteiger charge is 2.30. The van der Waals surface area contributed by atoms with Crippen molar-refractivity contribution in [2.45, 2.75) is 57.0 Å². The van der Waals surface area contributed by atoms with Gasteiger partial charge >= 0.3 is 0 Å². The van der Waals surface area contributed by atoms with Crippen LogP contribution in [0.4, 0.5) is 0 Å². The number of thioether (sulfide) groups is 1. The number of nitrogens with one attached hydrogen (secondary N) is 1. The largest absolute Gasteiger partial charge is 0.354 e. The van der Waals surface area contributed by atoms with Gasteiger partial charge in [-0.25, -0.2) is 0 Å². The van der Waals surface area contributed by atoms with E-state index in [1.54, 1.807) is 28.8 Å². The molecule has 0 heterocycles. The summed E-state index contributed by atoms with van der Waals surface area (Å²) < 4.78 is 0. The molecule has 1 unspecified atom stereocenters. The van der Waals surface area contributed by atoms with Gasteiger partial charge in [0.05, 0.1) is 0 Å². The number of aryl methyl sites for hydroxylation is 1. The minimum absolute atomic E-state index is 0.0859. The molecule has 196 valence electrons. The summed E-state index contributed by atoms with van der Waals surface area (Å²) in [7, 11) is 0. The molecule has 0 aliphatic rings. The highest BCUT2D eigenvalue weighted by atomic mass is 35.5. The maximum absolute atomic E-state index is 13.7. The van der Waals surface area contributed by atoms with Crippen LogP contribution in [0.15, 0.2) is 77.7 Å². The molecule has 0 saturated carbocycles. The first-order chi connectivity index (χ1) is 17.9. The van der Waals surface area contributed by atoms with Crippen LogP contribution in [0.5, 0.6) is 0 Å². The lowest BCUT2D eigenvalue weighted by atomic mass is 10.0. The normalized spacial score (nSPS) is 11.7. The summed E-state index contributed by atoms with van der Waals surface area (Å²) in [5, 5.41) is 4.05. The topological polar surface area (TPSA) is 49.4 Å². The van der Waals surface area contributed by atoms with Gasteiger partial charge in [0.2, 0.25) is 11.8 Å². The molecule has 7 heteroatoms. The van der Waals surface area contributed by atoms with Crippen LogP contribution in [-0.2, 0) is 22.6 Å². The molecule has 0 radical (unpaired) electrons. The molecule has 0 saturated heterocycles. The van der Waals surface area contributed by atoms with Crippen molar-refractivity contribution in [1.29, 1.82) is 0 Å². The van der Waals surface area contributed by atoms with Gasteiger partial charge in [0.1, 0.15) is 6.04 Å². The van der Waals surface area contributed by atoms with Crippen LogP contribution in [-0.4, -0.2) is 35.1 Å². The van der Waals surface area contributed by atoms with Crippen molar-refractivity contribution >= 4 is 46.8 Å². The fourth-order valence-electron chi connectivity index (χ4n) is 3.93. The molecule has 0 bridgehead atoms. The molecule has 0 fully saturated rings. The Morgan fingerprint density at radius 2 is 1.73 bits per heavy atom. The van der Waals surface area contributed by atoms with Crippen molar-refractivity contribution in [3.63, 3.8) is 0 Å². The van der Waals surface area contributed by atoms with Crippen LogP contribution in [0.3, 0.4) is 0 Å². The number of benzene rings is 3. The maximum Gasteiger partial charge on any atom is 0.243 e. The second-order valence-corrected chi connectivity index (χ2v) is 11.0. The van der Waals surface area contributed by atoms with Crippen LogP contribution in [0, 0.1) is 6.92 Å². The molecule has 0 aliphatic carbocycles. The lowest BCUT2D eigenvalue weighted by molar-refractivity contribution is -0.141. The lowest BCUT2D eigenvalue weighted by Gasteiger charge is -2.32. The second kappa shape index (κ2) is 15.1. The Hall–Kier alpha value is -2.47. The molecule has 3 rings (SSSR count). The summed E-state index contributed by atoms with van der Waals surface area (Å²) in [6.45, 7) is 4.93. The molecule has 0 aromatic heterocycles. The van der Waals surface area contributed by atoms with E-state index in [0.717, 1.165) is 28.9 Å². The van der Waals surface area contributed by atoms with Crippen molar-refractivity contribution in [3.05, 3.63) is 99.5 Å². The zero-order valence-electron chi connectivity index (χ0n) is 21.4. The number of nitrogens with zero attached hydrogens (tertiary/aromatic N) is 1. The molecule has 2 amide bonds. The van der Waals surface area contributed by atoms with E-state index in [2.05, 4.69) is 43.4 Å². The third-order valence-corrected chi connectivity index (χ3v) is 7.66. The Kier molecular flexibility index (Phi) is 11.8. The first-order valence-corrected chi connectivity index (χ1v) is 14.4. The number of carbonyl (C=O) groups excluding carboxylic acids is 2. The summed E-state index contributed by atoms with van der Waals surface area (Å²) in [6.07, 6.45) is 2.58. The quantitative estimate of drug-likeness (QED) is 0.177. The Labute approximate surface area is 234 Å². The summed E-state index contributed by atoms with van der Waals surface area (Å²) in [6, 6.07) is 22.6. The molecular weight excluding hydrogens is 523 g/mol. The number of hydrogen-bond acceptors (Lipinski definition) is 3. The number of carbonyl (C=O) groups is 2. The predicted octanol–water partition coefficient (Wildman–Crippen LogP) is 7.34. The van der Waals surface area contributed by atoms with Gasteiger partial charge in [-0.15, -0.1) is 11.8 Å². The SMILES string of the molecule is CCCCNC(=O)C(Cc1ccccc1)N(Cc1ccc(Cl)cc1Cl)C(=O)CCSc1ccc(C)cc1. The molecular formula is C30H34Cl2N2O2S. The van der Waals surface area contributed by atoms with Gasteiger partial charge in [0.25, 0.3) is 0 Å². The van der Waals surface area contributed by atoms with Crippen LogP contribution < -0.4 is 5.32 Å². The van der Waals surface area contributed by atoms with Crippen LogP contribution >= 0.6 is 35.0 Å². The lowest BCUT2D eigenvalue weighted by Crippen LogP contribution is -2.50. The van der Waals surface area contributed by atoms with Gasteiger partial charge < -0.3 is 10.2 Å².